The highest BCUT2D eigenvalue weighted by molar-refractivity contribution is 7.18. The number of hydrogen-bond donors (Lipinski definition) is 2. The molecule has 0 spiro atoms. The topological polar surface area (TPSA) is 120 Å². The number of nitrogens with one attached hydrogen (secondary N) is 1. The van der Waals surface area contributed by atoms with Gasteiger partial charge in [0, 0.05) is 6.07 Å². The molecule has 2 aromatic heterocycles. The van der Waals surface area contributed by atoms with Gasteiger partial charge in [-0.3, -0.25) is 9.59 Å². The first-order chi connectivity index (χ1) is 11.9. The highest BCUT2D eigenvalue weighted by atomic mass is 32.1. The van der Waals surface area contributed by atoms with Crippen LogP contribution < -0.4 is 15.8 Å². The molecule has 0 aliphatic rings. The van der Waals surface area contributed by atoms with Gasteiger partial charge >= 0.3 is 0 Å². The van der Waals surface area contributed by atoms with Gasteiger partial charge in [0.15, 0.2) is 12.3 Å². The van der Waals surface area contributed by atoms with Crippen LogP contribution in [0.15, 0.2) is 28.9 Å². The zero-order valence-corrected chi connectivity index (χ0v) is 14.4. The number of fused-ring (bicyclic) bond motifs is 1. The van der Waals surface area contributed by atoms with Crippen LogP contribution in [-0.4, -0.2) is 27.8 Å². The van der Waals surface area contributed by atoms with E-state index in [1.165, 1.54) is 13.2 Å². The second-order valence-corrected chi connectivity index (χ2v) is 6.61. The Bertz CT molecular complexity index is 933. The third-order valence-corrected chi connectivity index (χ3v) is 4.34. The Morgan fingerprint density at radius 2 is 2.20 bits per heavy atom. The summed E-state index contributed by atoms with van der Waals surface area (Å²) < 4.78 is 11.9. The number of aryl methyl sites for hydroxylation is 1. The van der Waals surface area contributed by atoms with Crippen molar-refractivity contribution in [2.75, 3.05) is 0 Å². The second kappa shape index (κ2) is 6.89. The molecule has 25 heavy (non-hydrogen) atoms. The number of nitrogens with zero attached hydrogens (tertiary/aromatic N) is 2. The molecule has 8 nitrogen and oxygen atoms in total. The molecule has 1 atom stereocenters. The highest BCUT2D eigenvalue weighted by Crippen LogP contribution is 2.25. The van der Waals surface area contributed by atoms with E-state index < -0.39 is 17.9 Å². The summed E-state index contributed by atoms with van der Waals surface area (Å²) in [6.45, 7) is 3.50. The molecule has 0 saturated carbocycles. The van der Waals surface area contributed by atoms with Gasteiger partial charge in [-0.05, 0) is 26.0 Å². The van der Waals surface area contributed by atoms with Crippen molar-refractivity contribution in [2.24, 2.45) is 5.73 Å². The van der Waals surface area contributed by atoms with Gasteiger partial charge in [-0.25, -0.2) is 9.97 Å². The number of carbonyl (C=O) groups excluding carboxylic acids is 2. The van der Waals surface area contributed by atoms with Crippen molar-refractivity contribution in [3.05, 3.63) is 41.1 Å². The monoisotopic (exact) mass is 360 g/mol. The molecule has 1 aromatic carbocycles. The van der Waals surface area contributed by atoms with E-state index in [0.717, 1.165) is 15.2 Å². The Hall–Kier alpha value is -2.94. The Kier molecular flexibility index (Phi) is 4.66. The number of amides is 2. The van der Waals surface area contributed by atoms with Crippen molar-refractivity contribution >= 4 is 33.4 Å². The molecule has 0 aliphatic carbocycles. The van der Waals surface area contributed by atoms with E-state index in [9.17, 15) is 9.59 Å². The Labute approximate surface area is 147 Å². The normalized spacial score (nSPS) is 12.1. The van der Waals surface area contributed by atoms with Crippen molar-refractivity contribution in [1.29, 1.82) is 0 Å². The number of thiazole rings is 1. The van der Waals surface area contributed by atoms with Crippen LogP contribution in [0.3, 0.4) is 0 Å². The minimum Gasteiger partial charge on any atom is -0.484 e. The van der Waals surface area contributed by atoms with E-state index in [1.807, 2.05) is 25.1 Å². The minimum atomic E-state index is -0.794. The molecule has 0 aliphatic heterocycles. The number of nitrogens with two attached hydrogens (primary N) is 1. The fraction of sp³-hybridized carbons (Fsp3) is 0.250. The SMILES string of the molecule is Cc1nc2cc(OCc3nc(C(=O)N[C@@H](C)C(N)=O)co3)ccc2s1. The van der Waals surface area contributed by atoms with Gasteiger partial charge in [-0.15, -0.1) is 11.3 Å². The molecule has 0 bridgehead atoms. The first-order valence-electron chi connectivity index (χ1n) is 7.47. The summed E-state index contributed by atoms with van der Waals surface area (Å²) in [4.78, 5) is 31.3. The maximum absolute atomic E-state index is 11.9. The van der Waals surface area contributed by atoms with Gasteiger partial charge in [0.05, 0.1) is 15.2 Å². The maximum atomic E-state index is 11.9. The summed E-state index contributed by atoms with van der Waals surface area (Å²) in [6.07, 6.45) is 1.20. The molecule has 3 aromatic rings. The maximum Gasteiger partial charge on any atom is 0.273 e. The summed E-state index contributed by atoms with van der Waals surface area (Å²) in [7, 11) is 0. The molecule has 2 heterocycles. The van der Waals surface area contributed by atoms with E-state index in [1.54, 1.807) is 11.3 Å². The van der Waals surface area contributed by atoms with Gasteiger partial charge in [0.2, 0.25) is 11.8 Å². The van der Waals surface area contributed by atoms with E-state index >= 15 is 0 Å². The quantitative estimate of drug-likeness (QED) is 0.691. The van der Waals surface area contributed by atoms with Crippen LogP contribution in [0.25, 0.3) is 10.2 Å². The predicted molar refractivity (Wildman–Crippen MR) is 91.3 cm³/mol. The number of hydrogen-bond acceptors (Lipinski definition) is 7. The average molecular weight is 360 g/mol. The lowest BCUT2D eigenvalue weighted by Crippen LogP contribution is -2.42. The van der Waals surface area contributed by atoms with Crippen LogP contribution in [-0.2, 0) is 11.4 Å². The molecule has 0 saturated heterocycles. The first kappa shape index (κ1) is 16.9. The van der Waals surface area contributed by atoms with Crippen molar-refractivity contribution in [3.63, 3.8) is 0 Å². The predicted octanol–water partition coefficient (Wildman–Crippen LogP) is 1.78. The average Bonchev–Trinajstić information content (AvgIpc) is 3.17. The smallest absolute Gasteiger partial charge is 0.273 e. The molecule has 130 valence electrons. The van der Waals surface area contributed by atoms with Gasteiger partial charge in [-0.2, -0.15) is 0 Å². The number of oxazole rings is 1. The zero-order valence-electron chi connectivity index (χ0n) is 13.6. The lowest BCUT2D eigenvalue weighted by Gasteiger charge is -2.07. The molecule has 0 unspecified atom stereocenters. The van der Waals surface area contributed by atoms with Crippen LogP contribution in [0.2, 0.25) is 0 Å². The van der Waals surface area contributed by atoms with Gasteiger partial charge in [0.1, 0.15) is 18.1 Å². The molecule has 2 amide bonds. The summed E-state index contributed by atoms with van der Waals surface area (Å²) in [5.41, 5.74) is 6.02. The Balaban J connectivity index is 1.62. The molecule has 0 fully saturated rings. The van der Waals surface area contributed by atoms with Crippen molar-refractivity contribution in [1.82, 2.24) is 15.3 Å². The number of primary amides is 1. The largest absolute Gasteiger partial charge is 0.484 e. The number of ether oxygens (including phenoxy) is 1. The van der Waals surface area contributed by atoms with Gasteiger partial charge < -0.3 is 20.2 Å². The summed E-state index contributed by atoms with van der Waals surface area (Å²) in [5, 5.41) is 3.41. The van der Waals surface area contributed by atoms with Crippen LogP contribution in [0.5, 0.6) is 5.75 Å². The molecule has 0 radical (unpaired) electrons. The summed E-state index contributed by atoms with van der Waals surface area (Å²) >= 11 is 1.61. The minimum absolute atomic E-state index is 0.0530. The third-order valence-electron chi connectivity index (χ3n) is 3.39. The fourth-order valence-corrected chi connectivity index (χ4v) is 2.89. The van der Waals surface area contributed by atoms with Crippen molar-refractivity contribution in [2.45, 2.75) is 26.5 Å². The summed E-state index contributed by atoms with van der Waals surface area (Å²) in [6, 6.07) is 4.82. The zero-order chi connectivity index (χ0) is 18.0. The molecule has 3 rings (SSSR count). The number of rotatable bonds is 6. The number of carbonyl (C=O) groups is 2. The van der Waals surface area contributed by atoms with Gasteiger partial charge in [0.25, 0.3) is 5.91 Å². The van der Waals surface area contributed by atoms with Crippen LogP contribution in [0.4, 0.5) is 0 Å². The van der Waals surface area contributed by atoms with E-state index in [4.69, 9.17) is 14.9 Å². The molecular weight excluding hydrogens is 344 g/mol. The van der Waals surface area contributed by atoms with Crippen molar-refractivity contribution in [3.8, 4) is 5.75 Å². The number of benzene rings is 1. The lowest BCUT2D eigenvalue weighted by atomic mass is 10.3. The van der Waals surface area contributed by atoms with E-state index in [-0.39, 0.29) is 18.2 Å². The van der Waals surface area contributed by atoms with Crippen molar-refractivity contribution < 1.29 is 18.7 Å². The van der Waals surface area contributed by atoms with Gasteiger partial charge in [-0.1, -0.05) is 0 Å². The molecule has 3 N–H and O–H groups in total. The standard InChI is InChI=1S/C16H16N4O4S/c1-8(15(17)21)18-16(22)12-6-24-14(20-12)7-23-10-3-4-13-11(5-10)19-9(2)25-13/h3-6,8H,7H2,1-2H3,(H2,17,21)(H,18,22)/t8-/m0/s1. The van der Waals surface area contributed by atoms with Crippen LogP contribution in [0.1, 0.15) is 28.3 Å². The lowest BCUT2D eigenvalue weighted by molar-refractivity contribution is -0.119. The van der Waals surface area contributed by atoms with Crippen LogP contribution in [0, 0.1) is 6.92 Å². The summed E-state index contributed by atoms with van der Waals surface area (Å²) in [5.74, 6) is -0.301. The number of aromatic nitrogens is 2. The van der Waals surface area contributed by atoms with Crippen LogP contribution >= 0.6 is 11.3 Å². The fourth-order valence-electron chi connectivity index (χ4n) is 2.08. The third kappa shape index (κ3) is 3.94. The second-order valence-electron chi connectivity index (χ2n) is 5.38. The first-order valence-corrected chi connectivity index (χ1v) is 8.28. The Morgan fingerprint density at radius 3 is 2.96 bits per heavy atom. The molecular formula is C16H16N4O4S. The molecule has 9 heteroatoms. The highest BCUT2D eigenvalue weighted by Gasteiger charge is 2.17. The van der Waals surface area contributed by atoms with E-state index in [0.29, 0.717) is 5.75 Å². The van der Waals surface area contributed by atoms with E-state index in [2.05, 4.69) is 15.3 Å². The Morgan fingerprint density at radius 1 is 1.40 bits per heavy atom.